The lowest BCUT2D eigenvalue weighted by atomic mass is 10.1. The van der Waals surface area contributed by atoms with Gasteiger partial charge in [-0.1, -0.05) is 12.2 Å². The summed E-state index contributed by atoms with van der Waals surface area (Å²) in [5.41, 5.74) is 6.72. The van der Waals surface area contributed by atoms with Gasteiger partial charge in [-0.3, -0.25) is 4.79 Å². The molecule has 0 bridgehead atoms. The number of nitrogens with zero attached hydrogens (tertiary/aromatic N) is 1. The first-order valence-electron chi connectivity index (χ1n) is 6.10. The van der Waals surface area contributed by atoms with Crippen LogP contribution < -0.4 is 16.0 Å². The molecule has 4 nitrogen and oxygen atoms in total. The van der Waals surface area contributed by atoms with Crippen LogP contribution in [0.1, 0.15) is 19.4 Å². The van der Waals surface area contributed by atoms with Crippen molar-refractivity contribution >= 4 is 28.8 Å². The van der Waals surface area contributed by atoms with Gasteiger partial charge in [0.05, 0.1) is 6.54 Å². The van der Waals surface area contributed by atoms with Crippen molar-refractivity contribution in [2.24, 2.45) is 5.73 Å². The number of anilines is 1. The Morgan fingerprint density at radius 2 is 2.16 bits per heavy atom. The van der Waals surface area contributed by atoms with Crippen molar-refractivity contribution in [3.63, 3.8) is 0 Å². The predicted molar refractivity (Wildman–Crippen MR) is 78.9 cm³/mol. The standard InChI is InChI=1S/C13H18FN3OS/c1-3-16-12(18)8-17(4-2)11-6-5-9(14)7-10(11)13(15)19/h5-7H,3-4,8H2,1-2H3,(H2,15,19)(H,16,18). The topological polar surface area (TPSA) is 58.4 Å². The summed E-state index contributed by atoms with van der Waals surface area (Å²) in [5.74, 6) is -0.497. The average Bonchev–Trinajstić information content (AvgIpc) is 2.36. The molecule has 104 valence electrons. The van der Waals surface area contributed by atoms with Crippen molar-refractivity contribution in [1.82, 2.24) is 5.32 Å². The fraction of sp³-hybridized carbons (Fsp3) is 0.385. The number of rotatable bonds is 6. The molecule has 0 saturated carbocycles. The molecule has 0 aromatic heterocycles. The number of likely N-dealkylation sites (N-methyl/N-ethyl adjacent to an activating group) is 2. The molecule has 1 aromatic rings. The van der Waals surface area contributed by atoms with Crippen LogP contribution in [0.5, 0.6) is 0 Å². The van der Waals surface area contributed by atoms with Gasteiger partial charge in [-0.25, -0.2) is 4.39 Å². The van der Waals surface area contributed by atoms with Gasteiger partial charge in [0.15, 0.2) is 0 Å². The zero-order valence-electron chi connectivity index (χ0n) is 11.1. The number of carbonyl (C=O) groups is 1. The number of nitrogens with one attached hydrogen (secondary N) is 1. The van der Waals surface area contributed by atoms with Crippen molar-refractivity contribution in [2.45, 2.75) is 13.8 Å². The van der Waals surface area contributed by atoms with E-state index >= 15 is 0 Å². The van der Waals surface area contributed by atoms with Gasteiger partial charge in [0.25, 0.3) is 0 Å². The van der Waals surface area contributed by atoms with Crippen LogP contribution in [0.15, 0.2) is 18.2 Å². The molecule has 3 N–H and O–H groups in total. The fourth-order valence-electron chi connectivity index (χ4n) is 1.78. The maximum Gasteiger partial charge on any atom is 0.239 e. The second-order valence-corrected chi connectivity index (χ2v) is 4.43. The van der Waals surface area contributed by atoms with Crippen LogP contribution in [0.3, 0.4) is 0 Å². The Labute approximate surface area is 117 Å². The molecule has 0 aliphatic carbocycles. The summed E-state index contributed by atoms with van der Waals surface area (Å²) in [4.78, 5) is 13.6. The summed E-state index contributed by atoms with van der Waals surface area (Å²) >= 11 is 4.93. The Morgan fingerprint density at radius 3 is 2.68 bits per heavy atom. The van der Waals surface area contributed by atoms with E-state index < -0.39 is 5.82 Å². The van der Waals surface area contributed by atoms with E-state index in [1.807, 2.05) is 13.8 Å². The van der Waals surface area contributed by atoms with Crippen LogP contribution in [-0.2, 0) is 4.79 Å². The Hall–Kier alpha value is -1.69. The third-order valence-corrected chi connectivity index (χ3v) is 2.87. The largest absolute Gasteiger partial charge is 0.389 e. The molecule has 0 heterocycles. The molecule has 1 rings (SSSR count). The highest BCUT2D eigenvalue weighted by molar-refractivity contribution is 7.80. The second kappa shape index (κ2) is 7.04. The molecule has 0 spiro atoms. The molecule has 1 amide bonds. The third kappa shape index (κ3) is 4.17. The molecular formula is C13H18FN3OS. The summed E-state index contributed by atoms with van der Waals surface area (Å²) in [6, 6.07) is 4.21. The summed E-state index contributed by atoms with van der Waals surface area (Å²) < 4.78 is 13.2. The molecule has 0 saturated heterocycles. The Balaban J connectivity index is 3.04. The van der Waals surface area contributed by atoms with Crippen LogP contribution >= 0.6 is 12.2 Å². The minimum absolute atomic E-state index is 0.0948. The first-order valence-corrected chi connectivity index (χ1v) is 6.51. The molecule has 0 radical (unpaired) electrons. The number of thiocarbonyl (C=S) groups is 1. The van der Waals surface area contributed by atoms with E-state index in [1.165, 1.54) is 12.1 Å². The van der Waals surface area contributed by atoms with Crippen molar-refractivity contribution in [3.05, 3.63) is 29.6 Å². The van der Waals surface area contributed by atoms with Gasteiger partial charge in [0.1, 0.15) is 10.8 Å². The van der Waals surface area contributed by atoms with E-state index in [1.54, 1.807) is 11.0 Å². The molecule has 0 aliphatic rings. The summed E-state index contributed by atoms with van der Waals surface area (Å²) in [5, 5.41) is 2.72. The second-order valence-electron chi connectivity index (χ2n) is 3.99. The first-order chi connectivity index (χ1) is 8.99. The Morgan fingerprint density at radius 1 is 1.47 bits per heavy atom. The normalized spacial score (nSPS) is 10.1. The minimum atomic E-state index is -0.402. The van der Waals surface area contributed by atoms with Gasteiger partial charge in [-0.15, -0.1) is 0 Å². The lowest BCUT2D eigenvalue weighted by Gasteiger charge is -2.24. The molecule has 0 fully saturated rings. The molecule has 1 aromatic carbocycles. The van der Waals surface area contributed by atoms with Gasteiger partial charge in [0, 0.05) is 24.3 Å². The maximum atomic E-state index is 13.2. The van der Waals surface area contributed by atoms with E-state index in [0.717, 1.165) is 0 Å². The minimum Gasteiger partial charge on any atom is -0.389 e. The van der Waals surface area contributed by atoms with Crippen molar-refractivity contribution < 1.29 is 9.18 Å². The van der Waals surface area contributed by atoms with E-state index in [4.69, 9.17) is 18.0 Å². The average molecular weight is 283 g/mol. The number of carbonyl (C=O) groups excluding carboxylic acids is 1. The zero-order chi connectivity index (χ0) is 14.4. The fourth-order valence-corrected chi connectivity index (χ4v) is 1.94. The van der Waals surface area contributed by atoms with Crippen LogP contribution in [0.25, 0.3) is 0 Å². The van der Waals surface area contributed by atoms with E-state index in [9.17, 15) is 9.18 Å². The van der Waals surface area contributed by atoms with Crippen molar-refractivity contribution in [3.8, 4) is 0 Å². The highest BCUT2D eigenvalue weighted by atomic mass is 32.1. The first kappa shape index (κ1) is 15.4. The van der Waals surface area contributed by atoms with E-state index in [0.29, 0.717) is 24.3 Å². The van der Waals surface area contributed by atoms with Crippen LogP contribution in [0.2, 0.25) is 0 Å². The van der Waals surface area contributed by atoms with Crippen LogP contribution in [-0.4, -0.2) is 30.5 Å². The zero-order valence-corrected chi connectivity index (χ0v) is 11.9. The SMILES string of the molecule is CCNC(=O)CN(CC)c1ccc(F)cc1C(N)=S. The predicted octanol–water partition coefficient (Wildman–Crippen LogP) is 1.42. The number of halogens is 1. The molecule has 0 unspecified atom stereocenters. The number of amides is 1. The van der Waals surface area contributed by atoms with Crippen LogP contribution in [0.4, 0.5) is 10.1 Å². The smallest absolute Gasteiger partial charge is 0.239 e. The number of nitrogens with two attached hydrogens (primary N) is 1. The van der Waals surface area contributed by atoms with Gasteiger partial charge in [-0.2, -0.15) is 0 Å². The van der Waals surface area contributed by atoms with E-state index in [2.05, 4.69) is 5.32 Å². The summed E-state index contributed by atoms with van der Waals surface area (Å²) in [6.07, 6.45) is 0. The summed E-state index contributed by atoms with van der Waals surface area (Å²) in [6.45, 7) is 5.12. The van der Waals surface area contributed by atoms with Gasteiger partial charge >= 0.3 is 0 Å². The van der Waals surface area contributed by atoms with Gasteiger partial charge in [0.2, 0.25) is 5.91 Å². The monoisotopic (exact) mass is 283 g/mol. The number of hydrogen-bond acceptors (Lipinski definition) is 3. The number of benzene rings is 1. The molecule has 6 heteroatoms. The quantitative estimate of drug-likeness (QED) is 0.775. The molecule has 19 heavy (non-hydrogen) atoms. The molecule has 0 atom stereocenters. The molecule has 0 aliphatic heterocycles. The van der Waals surface area contributed by atoms with E-state index in [-0.39, 0.29) is 17.4 Å². The van der Waals surface area contributed by atoms with Crippen molar-refractivity contribution in [1.29, 1.82) is 0 Å². The van der Waals surface area contributed by atoms with Crippen LogP contribution in [0, 0.1) is 5.82 Å². The van der Waals surface area contributed by atoms with Gasteiger partial charge < -0.3 is 16.0 Å². The Kier molecular flexibility index (Phi) is 5.69. The molecular weight excluding hydrogens is 265 g/mol. The lowest BCUT2D eigenvalue weighted by Crippen LogP contribution is -2.38. The Bertz CT molecular complexity index is 479. The van der Waals surface area contributed by atoms with Gasteiger partial charge in [-0.05, 0) is 32.0 Å². The number of hydrogen-bond donors (Lipinski definition) is 2. The highest BCUT2D eigenvalue weighted by Gasteiger charge is 2.15. The lowest BCUT2D eigenvalue weighted by molar-refractivity contribution is -0.119. The van der Waals surface area contributed by atoms with Crippen molar-refractivity contribution in [2.75, 3.05) is 24.5 Å². The maximum absolute atomic E-state index is 13.2. The summed E-state index contributed by atoms with van der Waals surface area (Å²) in [7, 11) is 0. The third-order valence-electron chi connectivity index (χ3n) is 2.65. The highest BCUT2D eigenvalue weighted by Crippen LogP contribution is 2.21.